The maximum atomic E-state index is 11.6. The first-order valence-electron chi connectivity index (χ1n) is 15.2. The molecule has 1 saturated heterocycles. The molecule has 0 spiro atoms. The van der Waals surface area contributed by atoms with Crippen molar-refractivity contribution < 1.29 is 97.9 Å². The predicted molar refractivity (Wildman–Crippen MR) is 166 cm³/mol. The Bertz CT molecular complexity index is 1310. The van der Waals surface area contributed by atoms with Gasteiger partial charge in [0, 0.05) is 50.6 Å². The van der Waals surface area contributed by atoms with Crippen LogP contribution in [0, 0.1) is 6.92 Å². The molecule has 0 saturated carbocycles. The van der Waals surface area contributed by atoms with Gasteiger partial charge in [0.1, 0.15) is 0 Å². The Morgan fingerprint density at radius 2 is 1.33 bits per heavy atom. The van der Waals surface area contributed by atoms with E-state index in [0.29, 0.717) is 77.3 Å². The Labute approximate surface area is 326 Å². The van der Waals surface area contributed by atoms with E-state index in [1.807, 2.05) is 55.5 Å². The summed E-state index contributed by atoms with van der Waals surface area (Å²) in [5.74, 6) is -1.32. The van der Waals surface area contributed by atoms with Crippen molar-refractivity contribution in [2.24, 2.45) is 0 Å². The number of aromatic nitrogens is 2. The molecule has 0 aliphatic carbocycles. The minimum absolute atomic E-state index is 0. The van der Waals surface area contributed by atoms with Crippen molar-refractivity contribution in [2.75, 3.05) is 84.8 Å². The fraction of sp³-hybridized carbons (Fsp3) is 0.455. The molecule has 1 fully saturated rings. The molecule has 1 aliphatic heterocycles. The predicted octanol–water partition coefficient (Wildman–Crippen LogP) is -5.92. The van der Waals surface area contributed by atoms with Crippen LogP contribution in [0.25, 0.3) is 0 Å². The fourth-order valence-electron chi connectivity index (χ4n) is 4.92. The average Bonchev–Trinajstić information content (AvgIpc) is 3.04. The van der Waals surface area contributed by atoms with E-state index in [-0.39, 0.29) is 70.9 Å². The van der Waals surface area contributed by atoms with Crippen LogP contribution < -0.4 is 75.1 Å². The monoisotopic (exact) mass is 683 g/mol. The molecule has 1 atom stereocenters. The molecule has 1 aromatic carbocycles. The van der Waals surface area contributed by atoms with Crippen LogP contribution in [0.4, 0.5) is 5.69 Å². The number of hydrogen-bond donors (Lipinski definition) is 1. The van der Waals surface area contributed by atoms with Gasteiger partial charge in [-0.3, -0.25) is 14.8 Å². The van der Waals surface area contributed by atoms with E-state index in [1.165, 1.54) is 6.07 Å². The van der Waals surface area contributed by atoms with E-state index in [1.54, 1.807) is 6.07 Å². The number of carbonyl (C=O) groups is 2. The number of ether oxygens (including phenoxy) is 4. The van der Waals surface area contributed by atoms with Crippen LogP contribution in [-0.2, 0) is 30.3 Å². The zero-order valence-corrected chi connectivity index (χ0v) is 32.3. The van der Waals surface area contributed by atoms with Crippen molar-refractivity contribution in [2.45, 2.75) is 19.5 Å². The van der Waals surface area contributed by atoms with Crippen molar-refractivity contribution in [1.82, 2.24) is 19.8 Å². The van der Waals surface area contributed by atoms with Crippen molar-refractivity contribution in [3.63, 3.8) is 0 Å². The number of benzene rings is 1. The maximum Gasteiger partial charge on any atom is 1.00 e. The Hall–Kier alpha value is -1.98. The van der Waals surface area contributed by atoms with E-state index >= 15 is 0 Å². The largest absolute Gasteiger partial charge is 1.00 e. The maximum absolute atomic E-state index is 11.6. The Kier molecular flexibility index (Phi) is 23.8. The quantitative estimate of drug-likeness (QED) is 0.148. The number of aromatic carboxylic acids is 1. The molecule has 0 radical (unpaired) electrons. The van der Waals surface area contributed by atoms with Gasteiger partial charge in [-0.25, -0.2) is 4.98 Å². The molecular weight excluding hydrogens is 640 g/mol. The fourth-order valence-corrected chi connectivity index (χ4v) is 4.92. The summed E-state index contributed by atoms with van der Waals surface area (Å²) in [6, 6.07) is 18.2. The van der Waals surface area contributed by atoms with Crippen LogP contribution in [-0.4, -0.2) is 111 Å². The molecule has 2 aromatic heterocycles. The summed E-state index contributed by atoms with van der Waals surface area (Å²) in [5.41, 5.74) is 10.0. The van der Waals surface area contributed by atoms with Crippen molar-refractivity contribution in [1.29, 1.82) is 0 Å². The van der Waals surface area contributed by atoms with Crippen LogP contribution >= 0.6 is 0 Å². The Morgan fingerprint density at radius 3 is 1.85 bits per heavy atom. The molecule has 13 nitrogen and oxygen atoms in total. The normalized spacial score (nSPS) is 16.7. The number of nitrogen functional groups attached to an aromatic ring is 1. The summed E-state index contributed by atoms with van der Waals surface area (Å²) in [6.45, 7) is 8.77. The molecule has 250 valence electrons. The van der Waals surface area contributed by atoms with Gasteiger partial charge in [0.2, 0.25) is 0 Å². The molecule has 0 bridgehead atoms. The second-order valence-corrected chi connectivity index (χ2v) is 10.4. The number of carboxylic acids is 1. The first kappa shape index (κ1) is 44.0. The molecule has 2 N–H and O–H groups in total. The second-order valence-electron chi connectivity index (χ2n) is 10.4. The number of rotatable bonds is 6. The molecule has 4 rings (SSSR count). The topological polar surface area (TPSA) is 175 Å². The van der Waals surface area contributed by atoms with E-state index in [2.05, 4.69) is 19.8 Å². The summed E-state index contributed by atoms with van der Waals surface area (Å²) >= 11 is 0. The summed E-state index contributed by atoms with van der Waals surface area (Å²) in [6.07, 6.45) is 0. The number of carbonyl (C=O) groups excluding carboxylic acids is 2. The molecule has 3 heterocycles. The summed E-state index contributed by atoms with van der Waals surface area (Å²) in [5, 5.41) is 19.8. The van der Waals surface area contributed by atoms with E-state index < -0.39 is 12.4 Å². The van der Waals surface area contributed by atoms with Crippen LogP contribution in [0.1, 0.15) is 39.2 Å². The summed E-state index contributed by atoms with van der Waals surface area (Å²) < 4.78 is 23.7. The molecule has 0 amide bonds. The second kappa shape index (κ2) is 25.9. The number of carboxylic acid groups (broad SMARTS) is 2. The van der Waals surface area contributed by atoms with Gasteiger partial charge in [0.05, 0.1) is 81.9 Å². The smallest absolute Gasteiger partial charge is 0.554 e. The third kappa shape index (κ3) is 16.6. The summed E-state index contributed by atoms with van der Waals surface area (Å²) in [7, 11) is 0. The minimum atomic E-state index is -1.32. The summed E-state index contributed by atoms with van der Waals surface area (Å²) in [4.78, 5) is 33.3. The van der Waals surface area contributed by atoms with Gasteiger partial charge in [-0.15, -0.1) is 0 Å². The van der Waals surface area contributed by atoms with Crippen LogP contribution in [0.5, 0.6) is 0 Å². The van der Waals surface area contributed by atoms with Gasteiger partial charge in [-0.05, 0) is 48.9 Å². The van der Waals surface area contributed by atoms with Gasteiger partial charge >= 0.3 is 59.1 Å². The van der Waals surface area contributed by atoms with Crippen molar-refractivity contribution in [3.05, 3.63) is 89.0 Å². The standard InChI is InChI=1S/C32H43N5O6.CH2O2.2Na/c1-25-4-2-5-28(34-25)24-36-12-16-40-20-22-42-18-14-37(15-19-43-23-21-41-17-13-36)31(26-8-10-27(33)11-9-26)29-6-3-7-30(35-29)32(38)39;2-1-3;;/h2-11,31H,12-24,33H2,1H3,(H,38,39);1H,(H,2,3);;/q;;2*+1/p-2. The number of nitrogens with zero attached hydrogens (tertiary/aromatic N) is 4. The van der Waals surface area contributed by atoms with E-state index in [0.717, 1.165) is 36.6 Å². The van der Waals surface area contributed by atoms with Crippen LogP contribution in [0.3, 0.4) is 0 Å². The van der Waals surface area contributed by atoms with E-state index in [4.69, 9.17) is 34.6 Å². The zero-order chi connectivity index (χ0) is 33.0. The van der Waals surface area contributed by atoms with Gasteiger partial charge in [-0.1, -0.05) is 24.3 Å². The van der Waals surface area contributed by atoms with Crippen LogP contribution in [0.15, 0.2) is 60.7 Å². The van der Waals surface area contributed by atoms with Gasteiger partial charge < -0.3 is 44.5 Å². The molecule has 48 heavy (non-hydrogen) atoms. The van der Waals surface area contributed by atoms with Crippen LogP contribution in [0.2, 0.25) is 0 Å². The number of hydrogen-bond acceptors (Lipinski definition) is 13. The molecular formula is C33H43N5Na2O8. The third-order valence-corrected chi connectivity index (χ3v) is 7.10. The molecule has 15 heteroatoms. The van der Waals surface area contributed by atoms with Crippen molar-refractivity contribution in [3.8, 4) is 0 Å². The SMILES string of the molecule is Cc1cccc(CN2CCOCCOCCN(C(c3ccc(N)cc3)c3cccc(C(=O)[O-])n3)CCOCCOCC2)n1.O=C[O-].[Na+].[Na+]. The Morgan fingerprint density at radius 1 is 0.812 bits per heavy atom. The first-order chi connectivity index (χ1) is 22.4. The Balaban J connectivity index is 0.00000222. The van der Waals surface area contributed by atoms with E-state index in [9.17, 15) is 9.90 Å². The number of anilines is 1. The first-order valence-corrected chi connectivity index (χ1v) is 15.2. The molecule has 1 aliphatic rings. The average molecular weight is 684 g/mol. The zero-order valence-electron chi connectivity index (χ0n) is 28.3. The van der Waals surface area contributed by atoms with Gasteiger partial charge in [0.15, 0.2) is 0 Å². The molecule has 3 aromatic rings. The molecule has 1 unspecified atom stereocenters. The number of nitrogens with two attached hydrogens (primary N) is 1. The number of aryl methyl sites for hydroxylation is 1. The third-order valence-electron chi connectivity index (χ3n) is 7.10. The van der Waals surface area contributed by atoms with Crippen molar-refractivity contribution >= 4 is 18.1 Å². The minimum Gasteiger partial charge on any atom is -0.554 e. The van der Waals surface area contributed by atoms with Gasteiger partial charge in [0.25, 0.3) is 0 Å². The number of pyridine rings is 2. The van der Waals surface area contributed by atoms with Gasteiger partial charge in [-0.2, -0.15) is 0 Å².